The van der Waals surface area contributed by atoms with Gasteiger partial charge in [-0.05, 0) is 25.5 Å². The summed E-state index contributed by atoms with van der Waals surface area (Å²) in [5.74, 6) is 0.855. The third-order valence-electron chi connectivity index (χ3n) is 3.45. The van der Waals surface area contributed by atoms with E-state index in [1.54, 1.807) is 0 Å². The number of ether oxygens (including phenoxy) is 1. The number of hydrogen-bond acceptors (Lipinski definition) is 5. The normalized spacial score (nSPS) is 17.9. The van der Waals surface area contributed by atoms with Crippen molar-refractivity contribution in [3.05, 3.63) is 35.7 Å². The van der Waals surface area contributed by atoms with Crippen molar-refractivity contribution < 1.29 is 14.1 Å². The standard InChI is InChI=1S/C15H17N3O3/c1-10-3-2-4-11(7-10)15-17-13(18-21-15)8-16-14(19)12-5-6-20-9-12/h2-4,7,12H,5-6,8-9H2,1H3,(H,16,19). The van der Waals surface area contributed by atoms with Crippen molar-refractivity contribution in [2.24, 2.45) is 5.92 Å². The van der Waals surface area contributed by atoms with E-state index in [1.807, 2.05) is 31.2 Å². The van der Waals surface area contributed by atoms with Crippen LogP contribution in [0.4, 0.5) is 0 Å². The van der Waals surface area contributed by atoms with Crippen molar-refractivity contribution in [1.29, 1.82) is 0 Å². The first-order valence-corrected chi connectivity index (χ1v) is 6.97. The first-order valence-electron chi connectivity index (χ1n) is 6.97. The van der Waals surface area contributed by atoms with Gasteiger partial charge >= 0.3 is 0 Å². The van der Waals surface area contributed by atoms with Gasteiger partial charge in [0, 0.05) is 12.2 Å². The van der Waals surface area contributed by atoms with Crippen LogP contribution in [0.3, 0.4) is 0 Å². The highest BCUT2D eigenvalue weighted by Gasteiger charge is 2.23. The maximum absolute atomic E-state index is 11.9. The Morgan fingerprint density at radius 3 is 3.14 bits per heavy atom. The molecule has 0 aliphatic carbocycles. The maximum Gasteiger partial charge on any atom is 0.257 e. The van der Waals surface area contributed by atoms with E-state index in [9.17, 15) is 4.79 Å². The maximum atomic E-state index is 11.9. The summed E-state index contributed by atoms with van der Waals surface area (Å²) in [6, 6.07) is 7.84. The van der Waals surface area contributed by atoms with Gasteiger partial charge in [-0.1, -0.05) is 22.9 Å². The molecule has 1 saturated heterocycles. The average Bonchev–Trinajstić information content (AvgIpc) is 3.16. The topological polar surface area (TPSA) is 77.2 Å². The molecule has 1 aromatic carbocycles. The van der Waals surface area contributed by atoms with E-state index in [4.69, 9.17) is 9.26 Å². The minimum atomic E-state index is -0.0619. The molecule has 1 fully saturated rings. The molecule has 6 nitrogen and oxygen atoms in total. The SMILES string of the molecule is Cc1cccc(-c2nc(CNC(=O)C3CCOC3)no2)c1. The Bertz CT molecular complexity index is 633. The van der Waals surface area contributed by atoms with Crippen molar-refractivity contribution in [1.82, 2.24) is 15.5 Å². The predicted molar refractivity (Wildman–Crippen MR) is 75.2 cm³/mol. The van der Waals surface area contributed by atoms with Gasteiger partial charge in [0.05, 0.1) is 19.1 Å². The molecule has 110 valence electrons. The van der Waals surface area contributed by atoms with Crippen molar-refractivity contribution in [3.63, 3.8) is 0 Å². The smallest absolute Gasteiger partial charge is 0.257 e. The lowest BCUT2D eigenvalue weighted by Crippen LogP contribution is -2.30. The lowest BCUT2D eigenvalue weighted by Gasteiger charge is -2.06. The zero-order valence-corrected chi connectivity index (χ0v) is 11.8. The summed E-state index contributed by atoms with van der Waals surface area (Å²) < 4.78 is 10.4. The molecule has 0 bridgehead atoms. The van der Waals surface area contributed by atoms with Gasteiger partial charge in [0.25, 0.3) is 5.89 Å². The fraction of sp³-hybridized carbons (Fsp3) is 0.400. The van der Waals surface area contributed by atoms with Gasteiger partial charge in [-0.15, -0.1) is 0 Å². The molecule has 1 amide bonds. The lowest BCUT2D eigenvalue weighted by atomic mass is 10.1. The Hall–Kier alpha value is -2.21. The first-order chi connectivity index (χ1) is 10.2. The van der Waals surface area contributed by atoms with E-state index in [-0.39, 0.29) is 18.4 Å². The second-order valence-electron chi connectivity index (χ2n) is 5.16. The predicted octanol–water partition coefficient (Wildman–Crippen LogP) is 1.70. The summed E-state index contributed by atoms with van der Waals surface area (Å²) in [5.41, 5.74) is 2.01. The zero-order chi connectivity index (χ0) is 14.7. The average molecular weight is 287 g/mol. The Kier molecular flexibility index (Phi) is 3.96. The lowest BCUT2D eigenvalue weighted by molar-refractivity contribution is -0.125. The van der Waals surface area contributed by atoms with Crippen LogP contribution in [0.25, 0.3) is 11.5 Å². The molecule has 3 rings (SSSR count). The van der Waals surface area contributed by atoms with Gasteiger partial charge in [-0.25, -0.2) is 0 Å². The summed E-state index contributed by atoms with van der Waals surface area (Å²) in [6.45, 7) is 3.42. The van der Waals surface area contributed by atoms with E-state index < -0.39 is 0 Å². The van der Waals surface area contributed by atoms with Gasteiger partial charge in [0.1, 0.15) is 0 Å². The third-order valence-corrected chi connectivity index (χ3v) is 3.45. The molecule has 0 saturated carbocycles. The Morgan fingerprint density at radius 1 is 1.48 bits per heavy atom. The summed E-state index contributed by atoms with van der Waals surface area (Å²) in [7, 11) is 0. The molecular weight excluding hydrogens is 270 g/mol. The van der Waals surface area contributed by atoms with Crippen LogP contribution in [-0.4, -0.2) is 29.3 Å². The van der Waals surface area contributed by atoms with Crippen LogP contribution in [0, 0.1) is 12.8 Å². The van der Waals surface area contributed by atoms with Crippen LogP contribution < -0.4 is 5.32 Å². The van der Waals surface area contributed by atoms with Crippen LogP contribution >= 0.6 is 0 Å². The van der Waals surface area contributed by atoms with E-state index in [0.717, 1.165) is 17.5 Å². The van der Waals surface area contributed by atoms with E-state index in [2.05, 4.69) is 15.5 Å². The number of carbonyl (C=O) groups is 1. The molecule has 2 heterocycles. The minimum Gasteiger partial charge on any atom is -0.381 e. The second-order valence-corrected chi connectivity index (χ2v) is 5.16. The van der Waals surface area contributed by atoms with Gasteiger partial charge in [0.2, 0.25) is 5.91 Å². The van der Waals surface area contributed by atoms with Crippen molar-refractivity contribution >= 4 is 5.91 Å². The number of aromatic nitrogens is 2. The molecule has 1 atom stereocenters. The van der Waals surface area contributed by atoms with E-state index >= 15 is 0 Å². The highest BCUT2D eigenvalue weighted by molar-refractivity contribution is 5.78. The molecule has 1 aromatic heterocycles. The number of amides is 1. The van der Waals surface area contributed by atoms with Gasteiger partial charge in [-0.3, -0.25) is 4.79 Å². The molecule has 21 heavy (non-hydrogen) atoms. The summed E-state index contributed by atoms with van der Waals surface area (Å²) in [6.07, 6.45) is 0.770. The Morgan fingerprint density at radius 2 is 2.38 bits per heavy atom. The largest absolute Gasteiger partial charge is 0.381 e. The number of benzene rings is 1. The second kappa shape index (κ2) is 6.05. The molecule has 2 aromatic rings. The summed E-state index contributed by atoms with van der Waals surface area (Å²) in [4.78, 5) is 16.2. The molecule has 1 aliphatic rings. The highest BCUT2D eigenvalue weighted by Crippen LogP contribution is 2.18. The van der Waals surface area contributed by atoms with Crippen LogP contribution in [0.1, 0.15) is 17.8 Å². The molecular formula is C15H17N3O3. The number of hydrogen-bond donors (Lipinski definition) is 1. The highest BCUT2D eigenvalue weighted by atomic mass is 16.5. The van der Waals surface area contributed by atoms with E-state index in [0.29, 0.717) is 24.9 Å². The molecule has 1 unspecified atom stereocenters. The van der Waals surface area contributed by atoms with Crippen molar-refractivity contribution in [2.45, 2.75) is 19.9 Å². The van der Waals surface area contributed by atoms with Gasteiger partial charge < -0.3 is 14.6 Å². The molecule has 0 spiro atoms. The van der Waals surface area contributed by atoms with Gasteiger partial charge in [0.15, 0.2) is 5.82 Å². The summed E-state index contributed by atoms with van der Waals surface area (Å²) in [5, 5.41) is 6.70. The van der Waals surface area contributed by atoms with Crippen molar-refractivity contribution in [2.75, 3.05) is 13.2 Å². The first kappa shape index (κ1) is 13.8. The molecule has 1 N–H and O–H groups in total. The van der Waals surface area contributed by atoms with Crippen LogP contribution in [0.2, 0.25) is 0 Å². The quantitative estimate of drug-likeness (QED) is 0.926. The molecule has 6 heteroatoms. The fourth-order valence-corrected chi connectivity index (χ4v) is 2.27. The zero-order valence-electron chi connectivity index (χ0n) is 11.8. The number of carbonyl (C=O) groups excluding carboxylic acids is 1. The number of nitrogens with zero attached hydrogens (tertiary/aromatic N) is 2. The van der Waals surface area contributed by atoms with Crippen LogP contribution in [-0.2, 0) is 16.1 Å². The number of rotatable bonds is 4. The monoisotopic (exact) mass is 287 g/mol. The Balaban J connectivity index is 1.61. The van der Waals surface area contributed by atoms with Crippen LogP contribution in [0.5, 0.6) is 0 Å². The summed E-state index contributed by atoms with van der Waals surface area (Å²) >= 11 is 0. The third kappa shape index (κ3) is 3.28. The van der Waals surface area contributed by atoms with Crippen LogP contribution in [0.15, 0.2) is 28.8 Å². The van der Waals surface area contributed by atoms with Crippen molar-refractivity contribution in [3.8, 4) is 11.5 Å². The van der Waals surface area contributed by atoms with Gasteiger partial charge in [-0.2, -0.15) is 4.98 Å². The fourth-order valence-electron chi connectivity index (χ4n) is 2.27. The molecule has 1 aliphatic heterocycles. The number of nitrogens with one attached hydrogen (secondary N) is 1. The van der Waals surface area contributed by atoms with E-state index in [1.165, 1.54) is 0 Å². The minimum absolute atomic E-state index is 0.0191. The number of aryl methyl sites for hydroxylation is 1. The Labute approximate surface area is 122 Å². The molecule has 0 radical (unpaired) electrons.